The van der Waals surface area contributed by atoms with Crippen molar-refractivity contribution in [2.24, 2.45) is 0 Å². The second-order valence-electron chi connectivity index (χ2n) is 5.13. The van der Waals surface area contributed by atoms with Crippen molar-refractivity contribution in [3.8, 4) is 0 Å². The molecule has 7 nitrogen and oxygen atoms in total. The minimum absolute atomic E-state index is 0.413. The molecule has 1 aliphatic rings. The van der Waals surface area contributed by atoms with Crippen molar-refractivity contribution in [1.82, 2.24) is 10.6 Å². The Labute approximate surface area is 134 Å². The highest BCUT2D eigenvalue weighted by Crippen LogP contribution is 2.08. The summed E-state index contributed by atoms with van der Waals surface area (Å²) in [6, 6.07) is -1.78. The molecule has 8 heteroatoms. The minimum Gasteiger partial charge on any atom is -0.468 e. The lowest BCUT2D eigenvalue weighted by molar-refractivity contribution is -0.162. The molecule has 1 saturated heterocycles. The molecular formula is C14H24N2O5S. The third-order valence-electron chi connectivity index (χ3n) is 3.45. The first-order valence-electron chi connectivity index (χ1n) is 7.31. The van der Waals surface area contributed by atoms with Gasteiger partial charge in [-0.15, -0.1) is 0 Å². The van der Waals surface area contributed by atoms with Gasteiger partial charge < -0.3 is 14.8 Å². The van der Waals surface area contributed by atoms with E-state index in [1.165, 1.54) is 7.11 Å². The van der Waals surface area contributed by atoms with E-state index in [2.05, 4.69) is 10.6 Å². The lowest BCUT2D eigenvalue weighted by atomic mass is 10.2. The number of methoxy groups -OCH3 is 1. The fraction of sp³-hybridized carbons (Fsp3) is 0.786. The summed E-state index contributed by atoms with van der Waals surface area (Å²) in [6.07, 6.45) is 4.02. The van der Waals surface area contributed by atoms with Gasteiger partial charge in [0.25, 0.3) is 0 Å². The third-order valence-corrected chi connectivity index (χ3v) is 4.09. The maximum Gasteiger partial charge on any atom is 0.330 e. The lowest BCUT2D eigenvalue weighted by Crippen LogP contribution is -2.48. The largest absolute Gasteiger partial charge is 0.468 e. The number of ether oxygens (including phenoxy) is 2. The maximum absolute atomic E-state index is 11.9. The van der Waals surface area contributed by atoms with E-state index < -0.39 is 36.0 Å². The van der Waals surface area contributed by atoms with E-state index in [9.17, 15) is 14.4 Å². The van der Waals surface area contributed by atoms with Gasteiger partial charge in [-0.05, 0) is 44.7 Å². The van der Waals surface area contributed by atoms with Crippen LogP contribution in [0.4, 0.5) is 0 Å². The molecule has 0 radical (unpaired) electrons. The summed E-state index contributed by atoms with van der Waals surface area (Å²) < 4.78 is 9.57. The fourth-order valence-electron chi connectivity index (χ4n) is 2.16. The second-order valence-corrected chi connectivity index (χ2v) is 6.12. The fourth-order valence-corrected chi connectivity index (χ4v) is 2.63. The van der Waals surface area contributed by atoms with Crippen molar-refractivity contribution in [1.29, 1.82) is 0 Å². The van der Waals surface area contributed by atoms with Crippen LogP contribution < -0.4 is 10.6 Å². The molecule has 1 heterocycles. The molecule has 0 spiro atoms. The average Bonchev–Trinajstić information content (AvgIpc) is 3.04. The molecule has 0 amide bonds. The number of nitrogens with one attached hydrogen (secondary N) is 2. The Morgan fingerprint density at radius 2 is 2.09 bits per heavy atom. The van der Waals surface area contributed by atoms with E-state index in [-0.39, 0.29) is 0 Å². The zero-order valence-corrected chi connectivity index (χ0v) is 14.0. The van der Waals surface area contributed by atoms with Crippen LogP contribution in [0.5, 0.6) is 0 Å². The molecule has 0 aliphatic carbocycles. The van der Waals surface area contributed by atoms with Crippen LogP contribution >= 0.6 is 11.8 Å². The molecular weight excluding hydrogens is 308 g/mol. The van der Waals surface area contributed by atoms with Crippen molar-refractivity contribution in [3.05, 3.63) is 0 Å². The van der Waals surface area contributed by atoms with Crippen molar-refractivity contribution >= 4 is 29.7 Å². The van der Waals surface area contributed by atoms with Crippen LogP contribution in [0.1, 0.15) is 26.2 Å². The van der Waals surface area contributed by atoms with Crippen molar-refractivity contribution in [2.75, 3.05) is 25.7 Å². The SMILES string of the molecule is COC(=O)C(CCSC)NC(C)C(=O)OC(=O)[C@@H]1CCCN1. The Bertz CT molecular complexity index is 399. The molecule has 0 aromatic carbocycles. The summed E-state index contributed by atoms with van der Waals surface area (Å²) in [5.41, 5.74) is 0. The van der Waals surface area contributed by atoms with Crippen LogP contribution in [-0.4, -0.2) is 61.7 Å². The summed E-state index contributed by atoms with van der Waals surface area (Å²) >= 11 is 1.59. The molecule has 22 heavy (non-hydrogen) atoms. The van der Waals surface area contributed by atoms with E-state index in [4.69, 9.17) is 9.47 Å². The van der Waals surface area contributed by atoms with Crippen LogP contribution in [0, 0.1) is 0 Å². The number of rotatable bonds is 8. The van der Waals surface area contributed by atoms with E-state index in [0.717, 1.165) is 18.7 Å². The number of esters is 3. The summed E-state index contributed by atoms with van der Waals surface area (Å²) in [7, 11) is 1.30. The maximum atomic E-state index is 11.9. The van der Waals surface area contributed by atoms with E-state index in [1.54, 1.807) is 18.7 Å². The minimum atomic E-state index is -0.767. The number of carbonyl (C=O) groups excluding carboxylic acids is 3. The molecule has 3 atom stereocenters. The topological polar surface area (TPSA) is 93.7 Å². The Morgan fingerprint density at radius 1 is 1.36 bits per heavy atom. The van der Waals surface area contributed by atoms with Gasteiger partial charge in [-0.2, -0.15) is 11.8 Å². The van der Waals surface area contributed by atoms with Gasteiger partial charge in [0.05, 0.1) is 7.11 Å². The van der Waals surface area contributed by atoms with Gasteiger partial charge >= 0.3 is 17.9 Å². The van der Waals surface area contributed by atoms with Crippen molar-refractivity contribution in [3.63, 3.8) is 0 Å². The number of carbonyl (C=O) groups is 3. The van der Waals surface area contributed by atoms with Gasteiger partial charge in [-0.1, -0.05) is 0 Å². The van der Waals surface area contributed by atoms with Crippen LogP contribution in [0.15, 0.2) is 0 Å². The van der Waals surface area contributed by atoms with E-state index in [1.807, 2.05) is 6.26 Å². The molecule has 0 aromatic rings. The molecule has 0 saturated carbocycles. The van der Waals surface area contributed by atoms with E-state index >= 15 is 0 Å². The molecule has 0 aromatic heterocycles. The quantitative estimate of drug-likeness (QED) is 0.477. The van der Waals surface area contributed by atoms with Gasteiger partial charge in [0.1, 0.15) is 18.1 Å². The molecule has 1 fully saturated rings. The first-order chi connectivity index (χ1) is 10.5. The Balaban J connectivity index is 2.48. The average molecular weight is 332 g/mol. The molecule has 2 N–H and O–H groups in total. The highest BCUT2D eigenvalue weighted by atomic mass is 32.2. The highest BCUT2D eigenvalue weighted by Gasteiger charge is 2.29. The van der Waals surface area contributed by atoms with Crippen LogP contribution in [0.25, 0.3) is 0 Å². The van der Waals surface area contributed by atoms with Gasteiger partial charge in [-0.3, -0.25) is 10.1 Å². The van der Waals surface area contributed by atoms with Crippen molar-refractivity contribution in [2.45, 2.75) is 44.3 Å². The van der Waals surface area contributed by atoms with Gasteiger partial charge in [-0.25, -0.2) is 9.59 Å². The van der Waals surface area contributed by atoms with Gasteiger partial charge in [0.2, 0.25) is 0 Å². The predicted molar refractivity (Wildman–Crippen MR) is 83.5 cm³/mol. The van der Waals surface area contributed by atoms with Crippen LogP contribution in [0.2, 0.25) is 0 Å². The number of thioether (sulfide) groups is 1. The smallest absolute Gasteiger partial charge is 0.330 e. The normalized spacial score (nSPS) is 20.2. The zero-order chi connectivity index (χ0) is 16.5. The third kappa shape index (κ3) is 5.94. The summed E-state index contributed by atoms with van der Waals surface area (Å²) in [5, 5.41) is 5.84. The molecule has 2 unspecified atom stereocenters. The van der Waals surface area contributed by atoms with Crippen LogP contribution in [0.3, 0.4) is 0 Å². The summed E-state index contributed by atoms with van der Waals surface area (Å²) in [5.74, 6) is -0.927. The molecule has 1 rings (SSSR count). The van der Waals surface area contributed by atoms with Gasteiger partial charge in [0.15, 0.2) is 0 Å². The van der Waals surface area contributed by atoms with Gasteiger partial charge in [0, 0.05) is 0 Å². The number of hydrogen-bond donors (Lipinski definition) is 2. The Hall–Kier alpha value is -1.12. The lowest BCUT2D eigenvalue weighted by Gasteiger charge is -2.20. The molecule has 126 valence electrons. The summed E-state index contributed by atoms with van der Waals surface area (Å²) in [4.78, 5) is 35.4. The molecule has 0 bridgehead atoms. The number of hydrogen-bond acceptors (Lipinski definition) is 8. The second kappa shape index (κ2) is 9.81. The highest BCUT2D eigenvalue weighted by molar-refractivity contribution is 7.98. The Morgan fingerprint density at radius 3 is 2.64 bits per heavy atom. The summed E-state index contributed by atoms with van der Waals surface area (Å²) in [6.45, 7) is 2.31. The monoisotopic (exact) mass is 332 g/mol. The molecule has 1 aliphatic heterocycles. The standard InChI is InChI=1S/C14H24N2O5S/c1-9(16-11(6-8-22-3)13(18)20-2)12(17)21-14(19)10-5-4-7-15-10/h9-11,15-16H,4-8H2,1-3H3/t9?,10-,11?/m0/s1. The predicted octanol–water partition coefficient (Wildman–Crippen LogP) is 0.0810. The van der Waals surface area contributed by atoms with E-state index in [0.29, 0.717) is 12.8 Å². The first kappa shape index (κ1) is 18.9. The van der Waals surface area contributed by atoms with Crippen molar-refractivity contribution < 1.29 is 23.9 Å². The first-order valence-corrected chi connectivity index (χ1v) is 8.70. The zero-order valence-electron chi connectivity index (χ0n) is 13.2. The van der Waals surface area contributed by atoms with Crippen LogP contribution in [-0.2, 0) is 23.9 Å². The Kier molecular flexibility index (Phi) is 8.44.